The number of rotatable bonds is 6. The molecule has 0 bridgehead atoms. The normalized spacial score (nSPS) is 16.2. The van der Waals surface area contributed by atoms with E-state index in [4.69, 9.17) is 9.72 Å². The molecule has 1 aliphatic rings. The van der Waals surface area contributed by atoms with Crippen molar-refractivity contribution in [1.29, 1.82) is 0 Å². The minimum atomic E-state index is 0.0674. The summed E-state index contributed by atoms with van der Waals surface area (Å²) < 4.78 is 7.55. The van der Waals surface area contributed by atoms with Crippen molar-refractivity contribution in [2.24, 2.45) is 0 Å². The second-order valence-corrected chi connectivity index (χ2v) is 7.95. The van der Waals surface area contributed by atoms with Crippen LogP contribution in [0.3, 0.4) is 0 Å². The van der Waals surface area contributed by atoms with Gasteiger partial charge in [0.1, 0.15) is 11.6 Å². The predicted molar refractivity (Wildman–Crippen MR) is 123 cm³/mol. The number of nitrogens with zero attached hydrogens (tertiary/aromatic N) is 3. The van der Waals surface area contributed by atoms with Crippen LogP contribution in [-0.4, -0.2) is 29.1 Å². The fourth-order valence-corrected chi connectivity index (χ4v) is 4.42. The summed E-state index contributed by atoms with van der Waals surface area (Å²) in [5.74, 6) is 1.99. The van der Waals surface area contributed by atoms with E-state index in [-0.39, 0.29) is 11.8 Å². The SMILES string of the molecule is COc1ccc(N2C[C@@H](c3nc4ccccc4n3CCc3ccccc3)CC2=O)cc1. The first-order valence-electron chi connectivity index (χ1n) is 10.7. The van der Waals surface area contributed by atoms with Crippen molar-refractivity contribution >= 4 is 22.6 Å². The Bertz CT molecular complexity index is 1200. The standard InChI is InChI=1S/C26H25N3O2/c1-31-22-13-11-21(12-14-22)29-18-20(17-25(29)30)26-27-23-9-5-6-10-24(23)28(26)16-15-19-7-3-2-4-8-19/h2-14,20H,15-18H2,1H3/t20-/m0/s1. The van der Waals surface area contributed by atoms with Crippen LogP contribution in [0.4, 0.5) is 5.69 Å². The number of carbonyl (C=O) groups excluding carboxylic acids is 1. The molecular formula is C26H25N3O2. The Hall–Kier alpha value is -3.60. The molecule has 1 aliphatic heterocycles. The zero-order valence-corrected chi connectivity index (χ0v) is 17.6. The van der Waals surface area contributed by atoms with Crippen molar-refractivity contribution in [3.63, 3.8) is 0 Å². The molecule has 3 aromatic carbocycles. The van der Waals surface area contributed by atoms with Crippen LogP contribution in [-0.2, 0) is 17.8 Å². The Morgan fingerprint density at radius 2 is 1.71 bits per heavy atom. The number of benzene rings is 3. The Balaban J connectivity index is 1.44. The molecular weight excluding hydrogens is 386 g/mol. The number of aromatic nitrogens is 2. The third-order valence-electron chi connectivity index (χ3n) is 6.03. The third kappa shape index (κ3) is 3.79. The molecule has 0 radical (unpaired) electrons. The van der Waals surface area contributed by atoms with E-state index >= 15 is 0 Å². The zero-order chi connectivity index (χ0) is 21.2. The highest BCUT2D eigenvalue weighted by molar-refractivity contribution is 5.96. The smallest absolute Gasteiger partial charge is 0.227 e. The molecule has 5 rings (SSSR count). The number of hydrogen-bond donors (Lipinski definition) is 0. The molecule has 5 nitrogen and oxygen atoms in total. The number of hydrogen-bond acceptors (Lipinski definition) is 3. The van der Waals surface area contributed by atoms with Crippen LogP contribution >= 0.6 is 0 Å². The topological polar surface area (TPSA) is 47.4 Å². The zero-order valence-electron chi connectivity index (χ0n) is 17.6. The van der Waals surface area contributed by atoms with Gasteiger partial charge in [0.15, 0.2) is 0 Å². The summed E-state index contributed by atoms with van der Waals surface area (Å²) in [6.07, 6.45) is 1.40. The quantitative estimate of drug-likeness (QED) is 0.458. The average molecular weight is 412 g/mol. The largest absolute Gasteiger partial charge is 0.497 e. The molecule has 1 atom stereocenters. The summed E-state index contributed by atoms with van der Waals surface area (Å²) in [6.45, 7) is 1.48. The van der Waals surface area contributed by atoms with E-state index in [0.717, 1.165) is 41.3 Å². The lowest BCUT2D eigenvalue weighted by atomic mass is 10.1. The van der Waals surface area contributed by atoms with Crippen molar-refractivity contribution < 1.29 is 9.53 Å². The number of para-hydroxylation sites is 2. The fourth-order valence-electron chi connectivity index (χ4n) is 4.42. The van der Waals surface area contributed by atoms with Crippen molar-refractivity contribution in [3.8, 4) is 5.75 Å². The molecule has 0 saturated carbocycles. The summed E-state index contributed by atoms with van der Waals surface area (Å²) >= 11 is 0. The van der Waals surface area contributed by atoms with Crippen LogP contribution in [0.1, 0.15) is 23.7 Å². The van der Waals surface area contributed by atoms with Crippen LogP contribution in [0.5, 0.6) is 5.75 Å². The maximum Gasteiger partial charge on any atom is 0.227 e. The first-order valence-corrected chi connectivity index (χ1v) is 10.7. The van der Waals surface area contributed by atoms with E-state index in [1.165, 1.54) is 5.56 Å². The molecule has 1 aromatic heterocycles. The van der Waals surface area contributed by atoms with Crippen LogP contribution in [0.25, 0.3) is 11.0 Å². The summed E-state index contributed by atoms with van der Waals surface area (Å²) in [6, 6.07) is 26.4. The van der Waals surface area contributed by atoms with Crippen molar-refractivity contribution in [3.05, 3.63) is 90.3 Å². The van der Waals surface area contributed by atoms with E-state index in [2.05, 4.69) is 47.0 Å². The predicted octanol–water partition coefficient (Wildman–Crippen LogP) is 4.81. The monoisotopic (exact) mass is 411 g/mol. The molecule has 0 unspecified atom stereocenters. The van der Waals surface area contributed by atoms with Crippen LogP contribution in [0.2, 0.25) is 0 Å². The second-order valence-electron chi connectivity index (χ2n) is 7.95. The molecule has 31 heavy (non-hydrogen) atoms. The van der Waals surface area contributed by atoms with Gasteiger partial charge in [-0.1, -0.05) is 42.5 Å². The summed E-state index contributed by atoms with van der Waals surface area (Å²) in [5, 5.41) is 0. The molecule has 0 spiro atoms. The number of ether oxygens (including phenoxy) is 1. The number of imidazole rings is 1. The highest BCUT2D eigenvalue weighted by Gasteiger charge is 2.34. The minimum Gasteiger partial charge on any atom is -0.497 e. The molecule has 0 aliphatic carbocycles. The van der Waals surface area contributed by atoms with Gasteiger partial charge in [0, 0.05) is 31.1 Å². The molecule has 156 valence electrons. The summed E-state index contributed by atoms with van der Waals surface area (Å²) in [4.78, 5) is 19.7. The van der Waals surface area contributed by atoms with E-state index in [1.54, 1.807) is 7.11 Å². The van der Waals surface area contributed by atoms with Crippen molar-refractivity contribution in [2.45, 2.75) is 25.3 Å². The number of anilines is 1. The van der Waals surface area contributed by atoms with Crippen LogP contribution in [0.15, 0.2) is 78.9 Å². The van der Waals surface area contributed by atoms with Gasteiger partial charge in [-0.3, -0.25) is 4.79 Å². The van der Waals surface area contributed by atoms with Crippen LogP contribution < -0.4 is 9.64 Å². The molecule has 1 amide bonds. The van der Waals surface area contributed by atoms with Gasteiger partial charge >= 0.3 is 0 Å². The van der Waals surface area contributed by atoms with E-state index in [0.29, 0.717) is 13.0 Å². The number of methoxy groups -OCH3 is 1. The van der Waals surface area contributed by atoms with E-state index in [9.17, 15) is 4.79 Å². The maximum absolute atomic E-state index is 12.9. The van der Waals surface area contributed by atoms with Gasteiger partial charge in [-0.2, -0.15) is 0 Å². The van der Waals surface area contributed by atoms with Gasteiger partial charge in [0.25, 0.3) is 0 Å². The number of fused-ring (bicyclic) bond motifs is 1. The summed E-state index contributed by atoms with van der Waals surface area (Å²) in [7, 11) is 1.64. The van der Waals surface area contributed by atoms with Gasteiger partial charge in [0.05, 0.1) is 18.1 Å². The minimum absolute atomic E-state index is 0.0674. The van der Waals surface area contributed by atoms with Gasteiger partial charge in [-0.05, 0) is 48.4 Å². The number of carbonyl (C=O) groups is 1. The van der Waals surface area contributed by atoms with Gasteiger partial charge in [-0.25, -0.2) is 4.98 Å². The van der Waals surface area contributed by atoms with Crippen molar-refractivity contribution in [1.82, 2.24) is 9.55 Å². The number of amides is 1. The van der Waals surface area contributed by atoms with Crippen LogP contribution in [0, 0.1) is 0 Å². The van der Waals surface area contributed by atoms with E-state index in [1.807, 2.05) is 41.3 Å². The van der Waals surface area contributed by atoms with Gasteiger partial charge < -0.3 is 14.2 Å². The second kappa shape index (κ2) is 8.26. The molecule has 1 fully saturated rings. The Kier molecular flexibility index (Phi) is 5.16. The number of aryl methyl sites for hydroxylation is 2. The molecule has 1 saturated heterocycles. The Morgan fingerprint density at radius 1 is 0.968 bits per heavy atom. The lowest BCUT2D eigenvalue weighted by Gasteiger charge is -2.18. The molecule has 0 N–H and O–H groups in total. The summed E-state index contributed by atoms with van der Waals surface area (Å²) in [5.41, 5.74) is 4.32. The first-order chi connectivity index (χ1) is 15.2. The first kappa shape index (κ1) is 19.4. The maximum atomic E-state index is 12.9. The molecule has 4 aromatic rings. The fraction of sp³-hybridized carbons (Fsp3) is 0.231. The molecule has 5 heteroatoms. The van der Waals surface area contributed by atoms with Gasteiger partial charge in [0.2, 0.25) is 5.91 Å². The average Bonchev–Trinajstić information content (AvgIpc) is 3.39. The van der Waals surface area contributed by atoms with Crippen molar-refractivity contribution in [2.75, 3.05) is 18.6 Å². The van der Waals surface area contributed by atoms with E-state index < -0.39 is 0 Å². The molecule has 2 heterocycles. The highest BCUT2D eigenvalue weighted by Crippen LogP contribution is 2.34. The lowest BCUT2D eigenvalue weighted by Crippen LogP contribution is -2.24. The third-order valence-corrected chi connectivity index (χ3v) is 6.03. The van der Waals surface area contributed by atoms with Gasteiger partial charge in [-0.15, -0.1) is 0 Å². The Labute approximate surface area is 181 Å². The highest BCUT2D eigenvalue weighted by atomic mass is 16.5. The Morgan fingerprint density at radius 3 is 2.48 bits per heavy atom. The lowest BCUT2D eigenvalue weighted by molar-refractivity contribution is -0.117.